The van der Waals surface area contributed by atoms with E-state index in [4.69, 9.17) is 14.1 Å². The molecule has 0 aliphatic heterocycles. The van der Waals surface area contributed by atoms with Crippen LogP contribution in [0.15, 0.2) is 45.3 Å². The van der Waals surface area contributed by atoms with Crippen LogP contribution in [0.2, 0.25) is 0 Å². The van der Waals surface area contributed by atoms with Crippen molar-refractivity contribution in [2.75, 3.05) is 26.8 Å². The van der Waals surface area contributed by atoms with E-state index in [1.807, 2.05) is 12.1 Å². The summed E-state index contributed by atoms with van der Waals surface area (Å²) in [5, 5.41) is 8.95. The molecule has 0 fully saturated rings. The maximum absolute atomic E-state index is 5.38. The number of methoxy groups -OCH3 is 1. The summed E-state index contributed by atoms with van der Waals surface area (Å²) in [5.74, 6) is 1.82. The Balaban J connectivity index is 0.00000338. The minimum atomic E-state index is 0. The Bertz CT molecular complexity index is 613. The van der Waals surface area contributed by atoms with Crippen molar-refractivity contribution in [1.82, 2.24) is 10.6 Å². The van der Waals surface area contributed by atoms with Gasteiger partial charge in [-0.3, -0.25) is 0 Å². The zero-order valence-electron chi connectivity index (χ0n) is 15.8. The fraction of sp³-hybridized carbons (Fsp3) is 0.526. The number of nitrogens with one attached hydrogen (secondary N) is 2. The van der Waals surface area contributed by atoms with Gasteiger partial charge < -0.3 is 19.8 Å². The number of guanidine groups is 1. The Hall–Kier alpha value is -1.06. The van der Waals surface area contributed by atoms with Crippen LogP contribution in [-0.4, -0.2) is 32.8 Å². The lowest BCUT2D eigenvalue weighted by atomic mass is 9.90. The fourth-order valence-corrected chi connectivity index (χ4v) is 2.91. The molecule has 0 aliphatic rings. The number of halogens is 1. The van der Waals surface area contributed by atoms with E-state index in [-0.39, 0.29) is 29.4 Å². The smallest absolute Gasteiger partial charge is 0.191 e. The minimum absolute atomic E-state index is 0. The van der Waals surface area contributed by atoms with Crippen LogP contribution in [-0.2, 0) is 17.7 Å². The summed E-state index contributed by atoms with van der Waals surface area (Å²) in [6.07, 6.45) is 3.54. The van der Waals surface area contributed by atoms with Gasteiger partial charge in [-0.1, -0.05) is 19.9 Å². The van der Waals surface area contributed by atoms with Crippen LogP contribution < -0.4 is 10.6 Å². The molecule has 0 atom stereocenters. The lowest BCUT2D eigenvalue weighted by Gasteiger charge is -2.26. The van der Waals surface area contributed by atoms with E-state index in [1.165, 1.54) is 4.88 Å². The molecule has 0 aromatic carbocycles. The summed E-state index contributed by atoms with van der Waals surface area (Å²) in [6.45, 7) is 7.54. The van der Waals surface area contributed by atoms with Crippen molar-refractivity contribution in [3.8, 4) is 0 Å². The van der Waals surface area contributed by atoms with Crippen LogP contribution in [0.1, 0.15) is 30.9 Å². The standard InChI is InChI=1S/C19H29N3O2S.HI/c1-19(2,9-12-23-3)15-22-18(21-14-17-7-5-13-25-17)20-10-8-16-6-4-11-24-16;/h4-7,11,13H,8-10,12,14-15H2,1-3H3,(H2,20,21,22);1H. The van der Waals surface area contributed by atoms with Gasteiger partial charge in [0.25, 0.3) is 0 Å². The molecule has 0 spiro atoms. The van der Waals surface area contributed by atoms with Crippen molar-refractivity contribution < 1.29 is 9.15 Å². The predicted molar refractivity (Wildman–Crippen MR) is 120 cm³/mol. The molecule has 7 heteroatoms. The Morgan fingerprint density at radius 2 is 2.12 bits per heavy atom. The average molecular weight is 491 g/mol. The first-order valence-electron chi connectivity index (χ1n) is 8.65. The third-order valence-corrected chi connectivity index (χ3v) is 4.80. The van der Waals surface area contributed by atoms with Gasteiger partial charge in [0.05, 0.1) is 12.8 Å². The van der Waals surface area contributed by atoms with Crippen molar-refractivity contribution in [1.29, 1.82) is 0 Å². The molecule has 26 heavy (non-hydrogen) atoms. The zero-order chi connectivity index (χ0) is 18.0. The molecule has 5 nitrogen and oxygen atoms in total. The van der Waals surface area contributed by atoms with E-state index >= 15 is 0 Å². The van der Waals surface area contributed by atoms with Gasteiger partial charge in [0.2, 0.25) is 0 Å². The molecular formula is C19H30IN3O2S. The maximum atomic E-state index is 5.38. The van der Waals surface area contributed by atoms with E-state index in [2.05, 4.69) is 42.0 Å². The largest absolute Gasteiger partial charge is 0.469 e. The third kappa shape index (κ3) is 9.05. The van der Waals surface area contributed by atoms with Gasteiger partial charge in [-0.25, -0.2) is 4.99 Å². The van der Waals surface area contributed by atoms with Crippen LogP contribution in [0.3, 0.4) is 0 Å². The molecule has 2 rings (SSSR count). The number of furan rings is 1. The van der Waals surface area contributed by atoms with E-state index in [9.17, 15) is 0 Å². The number of thiophene rings is 1. The maximum Gasteiger partial charge on any atom is 0.191 e. The predicted octanol–water partition coefficient (Wildman–Crippen LogP) is 4.30. The molecule has 0 amide bonds. The monoisotopic (exact) mass is 491 g/mol. The first-order valence-corrected chi connectivity index (χ1v) is 9.53. The second-order valence-electron chi connectivity index (χ2n) is 6.76. The number of aliphatic imine (C=N–C) groups is 1. The Morgan fingerprint density at radius 1 is 1.27 bits per heavy atom. The van der Waals surface area contributed by atoms with Gasteiger partial charge in [-0.05, 0) is 35.4 Å². The van der Waals surface area contributed by atoms with Gasteiger partial charge in [0, 0.05) is 38.1 Å². The van der Waals surface area contributed by atoms with Crippen molar-refractivity contribution in [3.05, 3.63) is 46.5 Å². The minimum Gasteiger partial charge on any atom is -0.469 e. The second kappa shape index (κ2) is 12.3. The van der Waals surface area contributed by atoms with Gasteiger partial charge in [0.1, 0.15) is 5.76 Å². The van der Waals surface area contributed by atoms with Crippen LogP contribution in [0.25, 0.3) is 0 Å². The Kier molecular flexibility index (Phi) is 10.9. The molecule has 0 saturated carbocycles. The van der Waals surface area contributed by atoms with Crippen molar-refractivity contribution in [2.45, 2.75) is 33.2 Å². The molecule has 146 valence electrons. The normalized spacial score (nSPS) is 11.9. The highest BCUT2D eigenvalue weighted by atomic mass is 127. The zero-order valence-corrected chi connectivity index (χ0v) is 18.9. The van der Waals surface area contributed by atoms with E-state index in [0.29, 0.717) is 6.54 Å². The van der Waals surface area contributed by atoms with Crippen LogP contribution in [0.5, 0.6) is 0 Å². The van der Waals surface area contributed by atoms with Gasteiger partial charge >= 0.3 is 0 Å². The van der Waals surface area contributed by atoms with E-state index in [1.54, 1.807) is 24.7 Å². The van der Waals surface area contributed by atoms with Gasteiger partial charge in [0.15, 0.2) is 5.96 Å². The molecule has 0 bridgehead atoms. The molecule has 0 aliphatic carbocycles. The molecule has 2 aromatic heterocycles. The second-order valence-corrected chi connectivity index (χ2v) is 7.79. The Morgan fingerprint density at radius 3 is 2.77 bits per heavy atom. The quantitative estimate of drug-likeness (QED) is 0.296. The molecule has 2 aromatic rings. The number of hydrogen-bond donors (Lipinski definition) is 2. The average Bonchev–Trinajstić information content (AvgIpc) is 3.28. The first kappa shape index (κ1) is 23.0. The SMILES string of the molecule is COCCC(C)(C)CNC(=NCc1cccs1)NCCc1ccco1.I. The van der Waals surface area contributed by atoms with Crippen molar-refractivity contribution in [3.63, 3.8) is 0 Å². The van der Waals surface area contributed by atoms with Gasteiger partial charge in [-0.15, -0.1) is 35.3 Å². The lowest BCUT2D eigenvalue weighted by molar-refractivity contribution is 0.153. The summed E-state index contributed by atoms with van der Waals surface area (Å²) in [6, 6.07) is 8.07. The number of hydrogen-bond acceptors (Lipinski definition) is 4. The molecule has 0 saturated heterocycles. The highest BCUT2D eigenvalue weighted by Gasteiger charge is 2.18. The van der Waals surface area contributed by atoms with E-state index < -0.39 is 0 Å². The summed E-state index contributed by atoms with van der Waals surface area (Å²) in [4.78, 5) is 5.97. The number of nitrogens with zero attached hydrogens (tertiary/aromatic N) is 1. The van der Waals surface area contributed by atoms with Crippen LogP contribution in [0, 0.1) is 5.41 Å². The summed E-state index contributed by atoms with van der Waals surface area (Å²) in [5.41, 5.74) is 0.141. The summed E-state index contributed by atoms with van der Waals surface area (Å²) in [7, 11) is 1.74. The van der Waals surface area contributed by atoms with Crippen molar-refractivity contribution >= 4 is 41.3 Å². The molecule has 2 heterocycles. The number of rotatable bonds is 10. The van der Waals surface area contributed by atoms with E-state index in [0.717, 1.165) is 44.3 Å². The van der Waals surface area contributed by atoms with Crippen LogP contribution in [0.4, 0.5) is 0 Å². The third-order valence-electron chi connectivity index (χ3n) is 3.93. The van der Waals surface area contributed by atoms with Crippen molar-refractivity contribution in [2.24, 2.45) is 10.4 Å². The number of ether oxygens (including phenoxy) is 1. The molecule has 0 radical (unpaired) electrons. The lowest BCUT2D eigenvalue weighted by Crippen LogP contribution is -2.43. The molecule has 0 unspecified atom stereocenters. The fourth-order valence-electron chi connectivity index (χ4n) is 2.28. The summed E-state index contributed by atoms with van der Waals surface area (Å²) >= 11 is 1.73. The van der Waals surface area contributed by atoms with Gasteiger partial charge in [-0.2, -0.15) is 0 Å². The topological polar surface area (TPSA) is 58.8 Å². The van der Waals surface area contributed by atoms with Crippen LogP contribution >= 0.6 is 35.3 Å². The highest BCUT2D eigenvalue weighted by molar-refractivity contribution is 14.0. The molecular weight excluding hydrogens is 461 g/mol. The summed E-state index contributed by atoms with van der Waals surface area (Å²) < 4.78 is 10.6. The first-order chi connectivity index (χ1) is 12.1. The Labute approximate surface area is 177 Å². The molecule has 2 N–H and O–H groups in total. The highest BCUT2D eigenvalue weighted by Crippen LogP contribution is 2.18.